The van der Waals surface area contributed by atoms with Crippen molar-refractivity contribution in [2.75, 3.05) is 6.54 Å². The van der Waals surface area contributed by atoms with Gasteiger partial charge in [0.05, 0.1) is 11.4 Å². The molecule has 0 aromatic heterocycles. The molecule has 0 saturated carbocycles. The zero-order valence-electron chi connectivity index (χ0n) is 15.7. The topological polar surface area (TPSA) is 64.9 Å². The molecule has 2 N–H and O–H groups in total. The van der Waals surface area contributed by atoms with Gasteiger partial charge >= 0.3 is 0 Å². The summed E-state index contributed by atoms with van der Waals surface area (Å²) < 4.78 is 0. The number of amides is 1. The van der Waals surface area contributed by atoms with E-state index in [1.807, 2.05) is 75.4 Å². The van der Waals surface area contributed by atoms with Crippen LogP contribution in [0.1, 0.15) is 37.5 Å². The molecule has 0 aliphatic carbocycles. The third kappa shape index (κ3) is 3.49. The van der Waals surface area contributed by atoms with E-state index in [9.17, 15) is 9.90 Å². The van der Waals surface area contributed by atoms with Gasteiger partial charge in [-0.3, -0.25) is 4.79 Å². The number of hydrogen-bond donors (Lipinski definition) is 2. The largest absolute Gasteiger partial charge is 0.505 e. The first-order valence-corrected chi connectivity index (χ1v) is 8.96. The van der Waals surface area contributed by atoms with Crippen molar-refractivity contribution in [2.24, 2.45) is 5.10 Å². The number of benzene rings is 2. The molecule has 3 rings (SSSR count). The molecule has 1 aliphatic rings. The number of likely N-dealkylation sites (N-methyl/N-ethyl adjacent to an activating group) is 1. The van der Waals surface area contributed by atoms with Crippen LogP contribution in [0, 0.1) is 0 Å². The highest BCUT2D eigenvalue weighted by Gasteiger charge is 2.32. The number of nitrogens with zero attached hydrogens (tertiary/aromatic N) is 2. The highest BCUT2D eigenvalue weighted by atomic mass is 16.3. The van der Waals surface area contributed by atoms with Gasteiger partial charge in [0.2, 0.25) is 0 Å². The van der Waals surface area contributed by atoms with Crippen molar-refractivity contribution in [2.45, 2.75) is 20.8 Å². The van der Waals surface area contributed by atoms with Crippen LogP contribution in [0.2, 0.25) is 0 Å². The highest BCUT2D eigenvalue weighted by molar-refractivity contribution is 6.05. The zero-order valence-corrected chi connectivity index (χ0v) is 15.7. The van der Waals surface area contributed by atoms with E-state index in [2.05, 4.69) is 5.32 Å². The predicted octanol–water partition coefficient (Wildman–Crippen LogP) is 4.15. The van der Waals surface area contributed by atoms with E-state index < -0.39 is 0 Å². The molecular formula is C22H23N3O2. The summed E-state index contributed by atoms with van der Waals surface area (Å²) in [6.45, 7) is 6.07. The Balaban J connectivity index is 2.20. The number of aliphatic hydroxyl groups is 1. The first kappa shape index (κ1) is 18.5. The maximum Gasteiger partial charge on any atom is 0.273 e. The SMILES string of the molecule is CC=C1c2ccccc2C(O)=C(C(=O)NCC)N1/N=C(\C)c1ccccc1. The minimum atomic E-state index is -0.367. The van der Waals surface area contributed by atoms with Gasteiger partial charge in [-0.25, -0.2) is 5.01 Å². The predicted molar refractivity (Wildman–Crippen MR) is 109 cm³/mol. The molecule has 0 bridgehead atoms. The van der Waals surface area contributed by atoms with Gasteiger partial charge in [0.25, 0.3) is 5.91 Å². The summed E-state index contributed by atoms with van der Waals surface area (Å²) in [6, 6.07) is 17.2. The molecule has 27 heavy (non-hydrogen) atoms. The number of rotatable bonds is 4. The fourth-order valence-electron chi connectivity index (χ4n) is 3.09. The molecule has 2 aromatic rings. The zero-order chi connectivity index (χ0) is 19.4. The van der Waals surface area contributed by atoms with Crippen LogP contribution in [0.15, 0.2) is 71.5 Å². The van der Waals surface area contributed by atoms with Crippen molar-refractivity contribution in [1.82, 2.24) is 10.3 Å². The van der Waals surface area contributed by atoms with Gasteiger partial charge < -0.3 is 10.4 Å². The monoisotopic (exact) mass is 361 g/mol. The second kappa shape index (κ2) is 7.91. The Labute approximate surface area is 159 Å². The van der Waals surface area contributed by atoms with Gasteiger partial charge in [0.15, 0.2) is 11.5 Å². The van der Waals surface area contributed by atoms with Crippen LogP contribution in [0.3, 0.4) is 0 Å². The van der Waals surface area contributed by atoms with E-state index in [4.69, 9.17) is 5.10 Å². The number of hydrazone groups is 1. The number of carbonyl (C=O) groups is 1. The van der Waals surface area contributed by atoms with Crippen molar-refractivity contribution in [3.8, 4) is 0 Å². The number of hydrogen-bond acceptors (Lipinski definition) is 4. The van der Waals surface area contributed by atoms with Crippen LogP contribution in [-0.4, -0.2) is 28.3 Å². The lowest BCUT2D eigenvalue weighted by Gasteiger charge is -2.31. The quantitative estimate of drug-likeness (QED) is 0.804. The number of carbonyl (C=O) groups excluding carboxylic acids is 1. The summed E-state index contributed by atoms with van der Waals surface area (Å²) in [5, 5.41) is 19.9. The summed E-state index contributed by atoms with van der Waals surface area (Å²) in [6.07, 6.45) is 1.90. The maximum absolute atomic E-state index is 12.7. The standard InChI is InChI=1S/C22H23N3O2/c1-4-19-17-13-9-10-14-18(17)21(26)20(22(27)23-5-2)25(19)24-15(3)16-11-7-6-8-12-16/h4,6-14,26H,5H2,1-3H3,(H,23,27)/b19-4?,24-15+. The Morgan fingerprint density at radius 1 is 1.11 bits per heavy atom. The van der Waals surface area contributed by atoms with Crippen molar-refractivity contribution in [3.63, 3.8) is 0 Å². The third-order valence-electron chi connectivity index (χ3n) is 4.39. The summed E-state index contributed by atoms with van der Waals surface area (Å²) in [4.78, 5) is 12.7. The molecule has 0 unspecified atom stereocenters. The highest BCUT2D eigenvalue weighted by Crippen LogP contribution is 2.37. The van der Waals surface area contributed by atoms with E-state index in [1.165, 1.54) is 5.01 Å². The first-order chi connectivity index (χ1) is 13.1. The minimum Gasteiger partial charge on any atom is -0.505 e. The van der Waals surface area contributed by atoms with E-state index in [-0.39, 0.29) is 17.4 Å². The van der Waals surface area contributed by atoms with Gasteiger partial charge in [0.1, 0.15) is 0 Å². The molecule has 0 spiro atoms. The van der Waals surface area contributed by atoms with Crippen LogP contribution in [-0.2, 0) is 4.79 Å². The van der Waals surface area contributed by atoms with Crippen molar-refractivity contribution in [3.05, 3.63) is 83.1 Å². The Morgan fingerprint density at radius 3 is 2.37 bits per heavy atom. The van der Waals surface area contributed by atoms with Crippen LogP contribution in [0.5, 0.6) is 0 Å². The van der Waals surface area contributed by atoms with Crippen molar-refractivity contribution in [1.29, 1.82) is 0 Å². The fraction of sp³-hybridized carbons (Fsp3) is 0.182. The number of nitrogens with one attached hydrogen (secondary N) is 1. The molecule has 0 radical (unpaired) electrons. The molecule has 2 aromatic carbocycles. The van der Waals surface area contributed by atoms with Gasteiger partial charge in [-0.1, -0.05) is 60.7 Å². The summed E-state index contributed by atoms with van der Waals surface area (Å²) in [5.74, 6) is -0.444. The third-order valence-corrected chi connectivity index (χ3v) is 4.39. The molecule has 0 fully saturated rings. The van der Waals surface area contributed by atoms with E-state index in [0.29, 0.717) is 12.1 Å². The molecule has 1 heterocycles. The second-order valence-electron chi connectivity index (χ2n) is 6.14. The lowest BCUT2D eigenvalue weighted by molar-refractivity contribution is -0.118. The smallest absolute Gasteiger partial charge is 0.273 e. The molecule has 0 atom stereocenters. The first-order valence-electron chi connectivity index (χ1n) is 8.96. The normalized spacial score (nSPS) is 15.7. The summed E-state index contributed by atoms with van der Waals surface area (Å²) in [7, 11) is 0. The Morgan fingerprint density at radius 2 is 1.74 bits per heavy atom. The summed E-state index contributed by atoms with van der Waals surface area (Å²) in [5.41, 5.74) is 4.01. The molecule has 138 valence electrons. The lowest BCUT2D eigenvalue weighted by atomic mass is 9.96. The second-order valence-corrected chi connectivity index (χ2v) is 6.14. The Bertz CT molecular complexity index is 943. The van der Waals surface area contributed by atoms with Gasteiger partial charge in [-0.2, -0.15) is 5.10 Å². The maximum atomic E-state index is 12.7. The van der Waals surface area contributed by atoms with Crippen LogP contribution in [0.4, 0.5) is 0 Å². The van der Waals surface area contributed by atoms with Crippen molar-refractivity contribution >= 4 is 23.1 Å². The summed E-state index contributed by atoms with van der Waals surface area (Å²) >= 11 is 0. The van der Waals surface area contributed by atoms with E-state index in [0.717, 1.165) is 22.5 Å². The van der Waals surface area contributed by atoms with Crippen LogP contribution >= 0.6 is 0 Å². The van der Waals surface area contributed by atoms with Gasteiger partial charge in [0, 0.05) is 17.7 Å². The Hall–Kier alpha value is -3.34. The van der Waals surface area contributed by atoms with Crippen molar-refractivity contribution < 1.29 is 9.90 Å². The van der Waals surface area contributed by atoms with Gasteiger partial charge in [-0.15, -0.1) is 0 Å². The molecule has 5 nitrogen and oxygen atoms in total. The van der Waals surface area contributed by atoms with E-state index >= 15 is 0 Å². The lowest BCUT2D eigenvalue weighted by Crippen LogP contribution is -2.35. The number of aliphatic hydroxyl groups excluding tert-OH is 1. The van der Waals surface area contributed by atoms with Crippen LogP contribution in [0.25, 0.3) is 11.5 Å². The van der Waals surface area contributed by atoms with Crippen LogP contribution < -0.4 is 5.32 Å². The average Bonchev–Trinajstić information content (AvgIpc) is 2.69. The van der Waals surface area contributed by atoms with E-state index in [1.54, 1.807) is 6.07 Å². The fourth-order valence-corrected chi connectivity index (χ4v) is 3.09. The molecule has 1 amide bonds. The number of fused-ring (bicyclic) bond motifs is 1. The average molecular weight is 361 g/mol. The molecular weight excluding hydrogens is 338 g/mol. The molecule has 5 heteroatoms. The van der Waals surface area contributed by atoms with Gasteiger partial charge in [-0.05, 0) is 26.3 Å². The Kier molecular flexibility index (Phi) is 5.41. The molecule has 1 aliphatic heterocycles. The number of allylic oxidation sites excluding steroid dienone is 1. The minimum absolute atomic E-state index is 0.0771. The molecule has 0 saturated heterocycles.